The number of aryl methyl sites for hydroxylation is 1. The first-order valence-electron chi connectivity index (χ1n) is 12.1. The van der Waals surface area contributed by atoms with Crippen LogP contribution < -0.4 is 10.1 Å². The second-order valence-corrected chi connectivity index (χ2v) is 9.17. The summed E-state index contributed by atoms with van der Waals surface area (Å²) in [6, 6.07) is 6.39. The average Bonchev–Trinajstić information content (AvgIpc) is 3.30. The molecule has 1 aliphatic carbocycles. The predicted molar refractivity (Wildman–Crippen MR) is 128 cm³/mol. The average molecular weight is 442 g/mol. The van der Waals surface area contributed by atoms with Crippen LogP contribution >= 0.6 is 0 Å². The van der Waals surface area contributed by atoms with Crippen LogP contribution in [0.1, 0.15) is 63.0 Å². The Bertz CT molecular complexity index is 812. The maximum atomic E-state index is 10.7. The molecule has 2 aliphatic rings. The number of hydrogen-bond acceptors (Lipinski definition) is 5. The minimum Gasteiger partial charge on any atom is -0.489 e. The van der Waals surface area contributed by atoms with Gasteiger partial charge >= 0.3 is 0 Å². The SMILES string of the molecule is CC#CC[C@@H](C)[C@H](O)C=C[C@@H]1[C@H]2c3cccc(CCCCNCCCO)c3O[C@H]2C[C@H]1O. The van der Waals surface area contributed by atoms with Gasteiger partial charge in [-0.1, -0.05) is 37.3 Å². The van der Waals surface area contributed by atoms with Crippen molar-refractivity contribution in [1.29, 1.82) is 0 Å². The summed E-state index contributed by atoms with van der Waals surface area (Å²) in [5, 5.41) is 33.4. The number of unbranched alkanes of at least 4 members (excludes halogenated alkanes) is 1. The van der Waals surface area contributed by atoms with E-state index < -0.39 is 12.2 Å². The Kier molecular flexibility index (Phi) is 9.62. The number of para-hydroxylation sites is 1. The first kappa shape index (κ1) is 24.8. The molecule has 1 heterocycles. The molecule has 32 heavy (non-hydrogen) atoms. The number of aliphatic hydroxyl groups excluding tert-OH is 3. The zero-order valence-corrected chi connectivity index (χ0v) is 19.5. The Hall–Kier alpha value is -1.84. The minimum absolute atomic E-state index is 0.00327. The van der Waals surface area contributed by atoms with Gasteiger partial charge < -0.3 is 25.4 Å². The van der Waals surface area contributed by atoms with E-state index in [-0.39, 0.29) is 30.5 Å². The second-order valence-electron chi connectivity index (χ2n) is 9.17. The van der Waals surface area contributed by atoms with Crippen LogP contribution in [0, 0.1) is 23.7 Å². The number of nitrogens with one attached hydrogen (secondary N) is 1. The molecule has 5 nitrogen and oxygen atoms in total. The molecule has 6 atom stereocenters. The number of fused-ring (bicyclic) bond motifs is 3. The first-order chi connectivity index (χ1) is 15.6. The van der Waals surface area contributed by atoms with Gasteiger partial charge in [-0.25, -0.2) is 0 Å². The van der Waals surface area contributed by atoms with E-state index >= 15 is 0 Å². The summed E-state index contributed by atoms with van der Waals surface area (Å²) in [5.74, 6) is 7.06. The summed E-state index contributed by atoms with van der Waals surface area (Å²) >= 11 is 0. The number of rotatable bonds is 12. The Labute approximate surface area is 192 Å². The molecule has 1 saturated carbocycles. The molecule has 1 aromatic rings. The third-order valence-electron chi connectivity index (χ3n) is 6.76. The summed E-state index contributed by atoms with van der Waals surface area (Å²) < 4.78 is 6.36. The van der Waals surface area contributed by atoms with Crippen molar-refractivity contribution in [2.75, 3.05) is 19.7 Å². The van der Waals surface area contributed by atoms with Crippen molar-refractivity contribution >= 4 is 0 Å². The second kappa shape index (κ2) is 12.4. The molecule has 0 spiro atoms. The highest BCUT2D eigenvalue weighted by Crippen LogP contribution is 2.52. The number of aliphatic hydroxyl groups is 3. The van der Waals surface area contributed by atoms with Crippen molar-refractivity contribution in [1.82, 2.24) is 5.32 Å². The van der Waals surface area contributed by atoms with Gasteiger partial charge in [0.2, 0.25) is 0 Å². The predicted octanol–water partition coefficient (Wildman–Crippen LogP) is 3.17. The fourth-order valence-corrected chi connectivity index (χ4v) is 4.88. The van der Waals surface area contributed by atoms with E-state index in [9.17, 15) is 10.2 Å². The lowest BCUT2D eigenvalue weighted by Crippen LogP contribution is -2.19. The maximum absolute atomic E-state index is 10.7. The maximum Gasteiger partial charge on any atom is 0.126 e. The summed E-state index contributed by atoms with van der Waals surface area (Å²) in [7, 11) is 0. The molecule has 0 radical (unpaired) electrons. The van der Waals surface area contributed by atoms with E-state index in [1.807, 2.05) is 26.0 Å². The minimum atomic E-state index is -0.568. The van der Waals surface area contributed by atoms with Gasteiger partial charge in [0.05, 0.1) is 12.2 Å². The Morgan fingerprint density at radius 3 is 2.84 bits per heavy atom. The fraction of sp³-hybridized carbons (Fsp3) is 0.630. The smallest absolute Gasteiger partial charge is 0.126 e. The lowest BCUT2D eigenvalue weighted by molar-refractivity contribution is 0.134. The molecule has 176 valence electrons. The number of benzene rings is 1. The summed E-state index contributed by atoms with van der Waals surface area (Å²) in [5.41, 5.74) is 2.44. The Morgan fingerprint density at radius 2 is 2.06 bits per heavy atom. The summed E-state index contributed by atoms with van der Waals surface area (Å²) in [6.45, 7) is 5.87. The zero-order chi connectivity index (χ0) is 22.9. The highest BCUT2D eigenvalue weighted by atomic mass is 16.5. The first-order valence-corrected chi connectivity index (χ1v) is 12.1. The lowest BCUT2D eigenvalue weighted by atomic mass is 9.86. The van der Waals surface area contributed by atoms with Gasteiger partial charge in [0.25, 0.3) is 0 Å². The Balaban J connectivity index is 1.62. The standard InChI is InChI=1S/C27H39NO4/c1-3-4-9-19(2)23(30)14-13-21-24(31)18-25-26(21)22-12-7-11-20(27(22)32-25)10-5-6-15-28-16-8-17-29/h7,11-14,19,21,23-26,28-31H,5-6,8-10,15-18H2,1-2H3/t19-,21+,23-,24-,25+,26+/m1/s1. The van der Waals surface area contributed by atoms with Gasteiger partial charge in [-0.15, -0.1) is 11.8 Å². The monoisotopic (exact) mass is 441 g/mol. The van der Waals surface area contributed by atoms with Crippen molar-refractivity contribution in [3.8, 4) is 17.6 Å². The van der Waals surface area contributed by atoms with Crippen molar-refractivity contribution < 1.29 is 20.1 Å². The number of ether oxygens (including phenoxy) is 1. The third-order valence-corrected chi connectivity index (χ3v) is 6.76. The van der Waals surface area contributed by atoms with Gasteiger partial charge in [-0.2, -0.15) is 0 Å². The van der Waals surface area contributed by atoms with E-state index in [1.54, 1.807) is 0 Å². The van der Waals surface area contributed by atoms with E-state index in [0.717, 1.165) is 44.5 Å². The Morgan fingerprint density at radius 1 is 1.25 bits per heavy atom. The molecule has 0 amide bonds. The molecule has 0 unspecified atom stereocenters. The zero-order valence-electron chi connectivity index (χ0n) is 19.5. The van der Waals surface area contributed by atoms with E-state index in [1.165, 1.54) is 11.1 Å². The molecule has 1 aromatic carbocycles. The van der Waals surface area contributed by atoms with Crippen molar-refractivity contribution in [2.24, 2.45) is 11.8 Å². The van der Waals surface area contributed by atoms with E-state index in [4.69, 9.17) is 9.84 Å². The molecule has 0 saturated heterocycles. The summed E-state index contributed by atoms with van der Waals surface area (Å²) in [4.78, 5) is 0. The van der Waals surface area contributed by atoms with Crippen LogP contribution in [0.3, 0.4) is 0 Å². The largest absolute Gasteiger partial charge is 0.489 e. The van der Waals surface area contributed by atoms with Gasteiger partial charge in [-0.3, -0.25) is 0 Å². The van der Waals surface area contributed by atoms with Crippen LogP contribution in [0.5, 0.6) is 5.75 Å². The van der Waals surface area contributed by atoms with Gasteiger partial charge in [-0.05, 0) is 57.2 Å². The normalized spacial score (nSPS) is 25.7. The quantitative estimate of drug-likeness (QED) is 0.228. The van der Waals surface area contributed by atoms with Gasteiger partial charge in [0, 0.05) is 36.8 Å². The molecule has 0 bridgehead atoms. The third kappa shape index (κ3) is 6.14. The lowest BCUT2D eigenvalue weighted by Gasteiger charge is -2.19. The van der Waals surface area contributed by atoms with Gasteiger partial charge in [0.1, 0.15) is 11.9 Å². The van der Waals surface area contributed by atoms with Crippen molar-refractivity contribution in [3.63, 3.8) is 0 Å². The molecule has 5 heteroatoms. The highest BCUT2D eigenvalue weighted by molar-refractivity contribution is 5.49. The van der Waals surface area contributed by atoms with Crippen LogP contribution in [0.15, 0.2) is 30.4 Å². The fourth-order valence-electron chi connectivity index (χ4n) is 4.88. The van der Waals surface area contributed by atoms with Crippen LogP contribution in [-0.2, 0) is 6.42 Å². The molecule has 4 N–H and O–H groups in total. The van der Waals surface area contributed by atoms with Crippen molar-refractivity contribution in [2.45, 2.75) is 76.6 Å². The number of hydrogen-bond donors (Lipinski definition) is 4. The molecule has 3 rings (SSSR count). The van der Waals surface area contributed by atoms with Gasteiger partial charge in [0.15, 0.2) is 0 Å². The topological polar surface area (TPSA) is 82.0 Å². The highest BCUT2D eigenvalue weighted by Gasteiger charge is 2.48. The molecular weight excluding hydrogens is 402 g/mol. The molecule has 1 fully saturated rings. The molecule has 0 aromatic heterocycles. The van der Waals surface area contributed by atoms with Crippen molar-refractivity contribution in [3.05, 3.63) is 41.5 Å². The van der Waals surface area contributed by atoms with E-state index in [2.05, 4.69) is 35.4 Å². The van der Waals surface area contributed by atoms with Crippen LogP contribution in [0.25, 0.3) is 0 Å². The van der Waals surface area contributed by atoms with E-state index in [0.29, 0.717) is 12.8 Å². The summed E-state index contributed by atoms with van der Waals surface area (Å²) in [6.07, 6.45) is 8.03. The molecule has 1 aliphatic heterocycles. The van der Waals surface area contributed by atoms with Crippen LogP contribution in [0.2, 0.25) is 0 Å². The van der Waals surface area contributed by atoms with Crippen LogP contribution in [0.4, 0.5) is 0 Å². The molecular formula is C27H39NO4. The van der Waals surface area contributed by atoms with Crippen LogP contribution in [-0.4, -0.2) is 53.3 Å².